The summed E-state index contributed by atoms with van der Waals surface area (Å²) in [6.07, 6.45) is 1.72. The molecule has 1 aromatic carbocycles. The van der Waals surface area contributed by atoms with Crippen LogP contribution < -0.4 is 25.4 Å². The highest BCUT2D eigenvalue weighted by Gasteiger charge is 2.15. The highest BCUT2D eigenvalue weighted by molar-refractivity contribution is 5.74. The molecule has 0 fully saturated rings. The van der Waals surface area contributed by atoms with Gasteiger partial charge in [0.25, 0.3) is 0 Å². The van der Waals surface area contributed by atoms with Crippen LogP contribution in [0, 0.1) is 0 Å². The summed E-state index contributed by atoms with van der Waals surface area (Å²) in [5.41, 5.74) is 0.964. The van der Waals surface area contributed by atoms with E-state index >= 15 is 0 Å². The maximum absolute atomic E-state index is 12.0. The maximum atomic E-state index is 12.0. The number of carbonyl (C=O) groups excluding carboxylic acids is 1. The molecule has 3 N–H and O–H groups in total. The number of hydrogen-bond acceptors (Lipinski definition) is 5. The first-order valence-electron chi connectivity index (χ1n) is 8.31. The largest absolute Gasteiger partial charge is 0.486 e. The van der Waals surface area contributed by atoms with Gasteiger partial charge in [-0.15, -0.1) is 0 Å². The van der Waals surface area contributed by atoms with Crippen molar-refractivity contribution in [2.45, 2.75) is 13.0 Å². The Labute approximate surface area is 146 Å². The second kappa shape index (κ2) is 8.23. The fourth-order valence-corrected chi connectivity index (χ4v) is 2.49. The SMILES string of the molecule is C[C@@H](NC(=O)NCCNc1ccccn1)c1ccc2c(c1)OCCO2. The van der Waals surface area contributed by atoms with E-state index in [-0.39, 0.29) is 12.1 Å². The van der Waals surface area contributed by atoms with E-state index in [0.717, 1.165) is 22.9 Å². The third-order valence-corrected chi connectivity index (χ3v) is 3.80. The summed E-state index contributed by atoms with van der Waals surface area (Å²) in [5.74, 6) is 2.25. The molecule has 0 bridgehead atoms. The average Bonchev–Trinajstić information content (AvgIpc) is 2.65. The number of carbonyl (C=O) groups is 1. The van der Waals surface area contributed by atoms with E-state index < -0.39 is 0 Å². The van der Waals surface area contributed by atoms with Crippen molar-refractivity contribution >= 4 is 11.8 Å². The number of nitrogens with one attached hydrogen (secondary N) is 3. The Hall–Kier alpha value is -2.96. The molecule has 132 valence electrons. The van der Waals surface area contributed by atoms with Crippen LogP contribution in [0.4, 0.5) is 10.6 Å². The summed E-state index contributed by atoms with van der Waals surface area (Å²) < 4.78 is 11.1. The standard InChI is InChI=1S/C18H22N4O3/c1-13(14-5-6-15-16(12-14)25-11-10-24-15)22-18(23)21-9-8-20-17-4-2-3-7-19-17/h2-7,12-13H,8-11H2,1H3,(H,19,20)(H2,21,22,23)/t13-/m1/s1. The van der Waals surface area contributed by atoms with E-state index in [1.807, 2.05) is 43.3 Å². The van der Waals surface area contributed by atoms with Crippen LogP contribution in [-0.4, -0.2) is 37.3 Å². The van der Waals surface area contributed by atoms with Crippen LogP contribution in [0.15, 0.2) is 42.6 Å². The Morgan fingerprint density at radius 1 is 1.16 bits per heavy atom. The van der Waals surface area contributed by atoms with Crippen molar-refractivity contribution in [2.24, 2.45) is 0 Å². The molecule has 0 saturated heterocycles. The molecule has 25 heavy (non-hydrogen) atoms. The lowest BCUT2D eigenvalue weighted by Gasteiger charge is -2.21. The van der Waals surface area contributed by atoms with Gasteiger partial charge in [0.1, 0.15) is 19.0 Å². The summed E-state index contributed by atoms with van der Waals surface area (Å²) in [6, 6.07) is 11.0. The molecular weight excluding hydrogens is 320 g/mol. The molecule has 3 rings (SSSR count). The first kappa shape index (κ1) is 16.9. The Morgan fingerprint density at radius 2 is 2.00 bits per heavy atom. The molecule has 0 aliphatic carbocycles. The zero-order valence-corrected chi connectivity index (χ0v) is 14.1. The van der Waals surface area contributed by atoms with Gasteiger partial charge < -0.3 is 25.4 Å². The number of fused-ring (bicyclic) bond motifs is 1. The second-order valence-corrected chi connectivity index (χ2v) is 5.67. The van der Waals surface area contributed by atoms with Crippen molar-refractivity contribution in [1.29, 1.82) is 0 Å². The van der Waals surface area contributed by atoms with Crippen LogP contribution in [0.5, 0.6) is 11.5 Å². The predicted molar refractivity (Wildman–Crippen MR) is 95.1 cm³/mol. The highest BCUT2D eigenvalue weighted by atomic mass is 16.6. The van der Waals surface area contributed by atoms with Crippen molar-refractivity contribution in [2.75, 3.05) is 31.6 Å². The quantitative estimate of drug-likeness (QED) is 0.702. The van der Waals surface area contributed by atoms with E-state index in [4.69, 9.17) is 9.47 Å². The average molecular weight is 342 g/mol. The van der Waals surface area contributed by atoms with Crippen LogP contribution >= 0.6 is 0 Å². The molecule has 1 aromatic heterocycles. The van der Waals surface area contributed by atoms with Gasteiger partial charge in [0.15, 0.2) is 11.5 Å². The van der Waals surface area contributed by atoms with Gasteiger partial charge in [0, 0.05) is 19.3 Å². The number of nitrogens with zero attached hydrogens (tertiary/aromatic N) is 1. The summed E-state index contributed by atoms with van der Waals surface area (Å²) >= 11 is 0. The molecule has 1 aliphatic rings. The van der Waals surface area contributed by atoms with Gasteiger partial charge in [-0.1, -0.05) is 12.1 Å². The van der Waals surface area contributed by atoms with E-state index in [1.165, 1.54) is 0 Å². The fraction of sp³-hybridized carbons (Fsp3) is 0.333. The number of anilines is 1. The van der Waals surface area contributed by atoms with Gasteiger partial charge >= 0.3 is 6.03 Å². The summed E-state index contributed by atoms with van der Waals surface area (Å²) in [4.78, 5) is 16.2. The monoisotopic (exact) mass is 342 g/mol. The number of pyridine rings is 1. The van der Waals surface area contributed by atoms with Crippen LogP contribution in [-0.2, 0) is 0 Å². The first-order chi connectivity index (χ1) is 12.2. The maximum Gasteiger partial charge on any atom is 0.315 e. The van der Waals surface area contributed by atoms with E-state index in [9.17, 15) is 4.79 Å². The number of hydrogen-bond donors (Lipinski definition) is 3. The molecule has 2 heterocycles. The van der Waals surface area contributed by atoms with E-state index in [1.54, 1.807) is 6.20 Å². The lowest BCUT2D eigenvalue weighted by atomic mass is 10.1. The van der Waals surface area contributed by atoms with Crippen molar-refractivity contribution in [1.82, 2.24) is 15.6 Å². The van der Waals surface area contributed by atoms with Gasteiger partial charge in [-0.3, -0.25) is 0 Å². The molecule has 0 spiro atoms. The van der Waals surface area contributed by atoms with Crippen molar-refractivity contribution < 1.29 is 14.3 Å². The van der Waals surface area contributed by atoms with Crippen molar-refractivity contribution in [3.05, 3.63) is 48.2 Å². The summed E-state index contributed by atoms with van der Waals surface area (Å²) in [5, 5.41) is 8.87. The normalized spacial score (nSPS) is 13.6. The van der Waals surface area contributed by atoms with Gasteiger partial charge in [-0.25, -0.2) is 9.78 Å². The minimum Gasteiger partial charge on any atom is -0.486 e. The van der Waals surface area contributed by atoms with Gasteiger partial charge in [-0.05, 0) is 36.8 Å². The Kier molecular flexibility index (Phi) is 5.56. The summed E-state index contributed by atoms with van der Waals surface area (Å²) in [7, 11) is 0. The molecule has 7 nitrogen and oxygen atoms in total. The number of amides is 2. The number of ether oxygens (including phenoxy) is 2. The molecule has 0 saturated carbocycles. The Morgan fingerprint density at radius 3 is 2.80 bits per heavy atom. The number of urea groups is 1. The number of rotatable bonds is 6. The third-order valence-electron chi connectivity index (χ3n) is 3.80. The van der Waals surface area contributed by atoms with Crippen LogP contribution in [0.2, 0.25) is 0 Å². The van der Waals surface area contributed by atoms with Gasteiger partial charge in [-0.2, -0.15) is 0 Å². The zero-order chi connectivity index (χ0) is 17.5. The van der Waals surface area contributed by atoms with Crippen LogP contribution in [0.1, 0.15) is 18.5 Å². The van der Waals surface area contributed by atoms with Crippen LogP contribution in [0.3, 0.4) is 0 Å². The van der Waals surface area contributed by atoms with Gasteiger partial charge in [0.2, 0.25) is 0 Å². The Balaban J connectivity index is 1.43. The van der Waals surface area contributed by atoms with Crippen LogP contribution in [0.25, 0.3) is 0 Å². The molecule has 2 aromatic rings. The molecule has 7 heteroatoms. The third kappa shape index (κ3) is 4.76. The number of aromatic nitrogens is 1. The molecule has 1 atom stereocenters. The molecule has 0 unspecified atom stereocenters. The predicted octanol–water partition coefficient (Wildman–Crippen LogP) is 2.33. The van der Waals surface area contributed by atoms with Crippen molar-refractivity contribution in [3.63, 3.8) is 0 Å². The topological polar surface area (TPSA) is 84.5 Å². The molecule has 2 amide bonds. The fourth-order valence-electron chi connectivity index (χ4n) is 2.49. The number of benzene rings is 1. The lowest BCUT2D eigenvalue weighted by Crippen LogP contribution is -2.39. The van der Waals surface area contributed by atoms with Crippen molar-refractivity contribution in [3.8, 4) is 11.5 Å². The zero-order valence-electron chi connectivity index (χ0n) is 14.1. The summed E-state index contributed by atoms with van der Waals surface area (Å²) in [6.45, 7) is 4.13. The van der Waals surface area contributed by atoms with Gasteiger partial charge in [0.05, 0.1) is 6.04 Å². The Bertz CT molecular complexity index is 709. The highest BCUT2D eigenvalue weighted by Crippen LogP contribution is 2.32. The molecular formula is C18H22N4O3. The molecule has 0 radical (unpaired) electrons. The second-order valence-electron chi connectivity index (χ2n) is 5.67. The lowest BCUT2D eigenvalue weighted by molar-refractivity contribution is 0.171. The molecule has 1 aliphatic heterocycles. The smallest absolute Gasteiger partial charge is 0.315 e. The van der Waals surface area contributed by atoms with E-state index in [2.05, 4.69) is 20.9 Å². The van der Waals surface area contributed by atoms with E-state index in [0.29, 0.717) is 26.3 Å². The minimum absolute atomic E-state index is 0.139. The minimum atomic E-state index is -0.217. The first-order valence-corrected chi connectivity index (χ1v) is 8.31.